The number of carbonyl (C=O) groups excluding carboxylic acids is 3. The molecule has 6 atom stereocenters. The van der Waals surface area contributed by atoms with Gasteiger partial charge in [0.05, 0.1) is 30.1 Å². The molecule has 3 aliphatic heterocycles. The third kappa shape index (κ3) is 4.18. The van der Waals surface area contributed by atoms with Gasteiger partial charge in [0.2, 0.25) is 17.7 Å². The van der Waals surface area contributed by atoms with Crippen molar-refractivity contribution in [3.05, 3.63) is 55.6 Å². The van der Waals surface area contributed by atoms with Gasteiger partial charge >= 0.3 is 0 Å². The van der Waals surface area contributed by atoms with Gasteiger partial charge in [0.25, 0.3) is 0 Å². The molecule has 2 unspecified atom stereocenters. The van der Waals surface area contributed by atoms with Crippen molar-refractivity contribution < 1.29 is 24.2 Å². The first-order valence-electron chi connectivity index (χ1n) is 13.6. The van der Waals surface area contributed by atoms with Gasteiger partial charge in [0, 0.05) is 24.8 Å². The second-order valence-corrected chi connectivity index (χ2v) is 11.2. The lowest BCUT2D eigenvalue weighted by Gasteiger charge is -2.40. The molecule has 1 aromatic rings. The van der Waals surface area contributed by atoms with E-state index in [1.54, 1.807) is 22.0 Å². The maximum atomic E-state index is 14.3. The molecular formula is C30H41N3O5. The Kier molecular flexibility index (Phi) is 7.86. The topological polar surface area (TPSA) is 90.4 Å². The largest absolute Gasteiger partial charge is 0.394 e. The summed E-state index contributed by atoms with van der Waals surface area (Å²) in [5.74, 6) is -2.33. The van der Waals surface area contributed by atoms with Crippen molar-refractivity contribution in [2.24, 2.45) is 11.8 Å². The second-order valence-electron chi connectivity index (χ2n) is 11.2. The molecule has 3 fully saturated rings. The Morgan fingerprint density at radius 1 is 1.16 bits per heavy atom. The Morgan fingerprint density at radius 3 is 2.37 bits per heavy atom. The number of amides is 3. The fourth-order valence-electron chi connectivity index (χ4n) is 6.91. The number of ether oxygens (including phenoxy) is 1. The zero-order valence-electron chi connectivity index (χ0n) is 23.0. The van der Waals surface area contributed by atoms with Crippen molar-refractivity contribution >= 4 is 23.4 Å². The van der Waals surface area contributed by atoms with Crippen molar-refractivity contribution in [1.29, 1.82) is 0 Å². The first kappa shape index (κ1) is 28.0. The van der Waals surface area contributed by atoms with Crippen LogP contribution in [0.5, 0.6) is 0 Å². The predicted molar refractivity (Wildman–Crippen MR) is 146 cm³/mol. The molecule has 3 amide bonds. The van der Waals surface area contributed by atoms with E-state index < -0.39 is 35.1 Å². The molecule has 0 radical (unpaired) electrons. The van der Waals surface area contributed by atoms with E-state index in [0.717, 1.165) is 0 Å². The number of hydrogen-bond acceptors (Lipinski definition) is 5. The summed E-state index contributed by atoms with van der Waals surface area (Å²) in [7, 11) is 0. The average Bonchev–Trinajstić information content (AvgIpc) is 3.47. The van der Waals surface area contributed by atoms with E-state index in [1.165, 1.54) is 4.90 Å². The molecule has 3 aliphatic rings. The van der Waals surface area contributed by atoms with E-state index in [9.17, 15) is 19.5 Å². The van der Waals surface area contributed by atoms with Crippen molar-refractivity contribution in [2.45, 2.75) is 76.3 Å². The van der Waals surface area contributed by atoms with Crippen LogP contribution in [-0.2, 0) is 19.1 Å². The first-order valence-corrected chi connectivity index (χ1v) is 13.6. The molecule has 8 nitrogen and oxygen atoms in total. The Labute approximate surface area is 225 Å². The molecule has 1 N–H and O–H groups in total. The molecule has 1 spiro atoms. The summed E-state index contributed by atoms with van der Waals surface area (Å²) in [6.45, 7) is 15.6. The maximum Gasteiger partial charge on any atom is 0.248 e. The van der Waals surface area contributed by atoms with Gasteiger partial charge in [-0.25, -0.2) is 0 Å². The number of carbonyl (C=O) groups is 3. The van der Waals surface area contributed by atoms with Gasteiger partial charge in [-0.15, -0.1) is 13.2 Å². The third-order valence-electron chi connectivity index (χ3n) is 8.67. The molecule has 0 aliphatic carbocycles. The van der Waals surface area contributed by atoms with Crippen LogP contribution in [0.4, 0.5) is 5.69 Å². The lowest BCUT2D eigenvalue weighted by atomic mass is 9.66. The molecule has 0 saturated carbocycles. The molecule has 8 heteroatoms. The fraction of sp³-hybridized carbons (Fsp3) is 0.567. The fourth-order valence-corrected chi connectivity index (χ4v) is 6.91. The Morgan fingerprint density at radius 2 is 1.82 bits per heavy atom. The van der Waals surface area contributed by atoms with E-state index in [-0.39, 0.29) is 36.9 Å². The highest BCUT2D eigenvalue weighted by molar-refractivity contribution is 6.03. The number of fused-ring (bicyclic) bond motifs is 1. The van der Waals surface area contributed by atoms with Gasteiger partial charge in [-0.3, -0.25) is 14.4 Å². The van der Waals surface area contributed by atoms with Crippen molar-refractivity contribution in [2.75, 3.05) is 24.6 Å². The standard InChI is InChI=1S/C30H41N3O5/c1-7-17-31(20(4)5)28(37)25-30-16-15-29(6,38-30)23(24(30)27(36)33(25)21(9-3)19-34)26(35)32(18-8-2)22-13-11-10-12-14-22/h7-8,10-14,20-21,23-25,34H,1-2,9,15-19H2,3-6H3/t21-,23-,24-,25?,29+,30?/m0/s1. The molecule has 2 bridgehead atoms. The average molecular weight is 524 g/mol. The van der Waals surface area contributed by atoms with Crippen LogP contribution in [0.1, 0.15) is 47.0 Å². The highest BCUT2D eigenvalue weighted by atomic mass is 16.5. The van der Waals surface area contributed by atoms with Gasteiger partial charge < -0.3 is 24.5 Å². The molecule has 38 heavy (non-hydrogen) atoms. The van der Waals surface area contributed by atoms with E-state index in [2.05, 4.69) is 13.2 Å². The SMILES string of the molecule is C=CCN(C(=O)[C@@H]1[C@H]2C(=O)N([C@@H](CC)CO)C(C(=O)N(CC=C)C(C)C)C23CC[C@@]1(C)O3)c1ccccc1. The van der Waals surface area contributed by atoms with Crippen LogP contribution >= 0.6 is 0 Å². The van der Waals surface area contributed by atoms with Gasteiger partial charge in [-0.1, -0.05) is 37.3 Å². The minimum Gasteiger partial charge on any atom is -0.394 e. The van der Waals surface area contributed by atoms with Gasteiger partial charge in [0.1, 0.15) is 11.6 Å². The summed E-state index contributed by atoms with van der Waals surface area (Å²) in [5.41, 5.74) is -1.32. The number of likely N-dealkylation sites (tertiary alicyclic amines) is 1. The van der Waals surface area contributed by atoms with Crippen LogP contribution in [0, 0.1) is 11.8 Å². The van der Waals surface area contributed by atoms with Crippen LogP contribution in [0.25, 0.3) is 0 Å². The Hall–Kier alpha value is -2.97. The van der Waals surface area contributed by atoms with Crippen molar-refractivity contribution in [1.82, 2.24) is 9.80 Å². The number of para-hydroxylation sites is 1. The van der Waals surface area contributed by atoms with Gasteiger partial charge in [0.15, 0.2) is 0 Å². The summed E-state index contributed by atoms with van der Waals surface area (Å²) >= 11 is 0. The van der Waals surface area contributed by atoms with Gasteiger partial charge in [-0.2, -0.15) is 0 Å². The van der Waals surface area contributed by atoms with E-state index in [1.807, 2.05) is 58.0 Å². The summed E-state index contributed by atoms with van der Waals surface area (Å²) < 4.78 is 6.76. The van der Waals surface area contributed by atoms with E-state index >= 15 is 0 Å². The zero-order valence-corrected chi connectivity index (χ0v) is 23.0. The number of rotatable bonds is 11. The lowest BCUT2D eigenvalue weighted by molar-refractivity contribution is -0.155. The summed E-state index contributed by atoms with van der Waals surface area (Å²) in [6.07, 6.45) is 4.86. The maximum absolute atomic E-state index is 14.3. The number of benzene rings is 1. The molecular weight excluding hydrogens is 482 g/mol. The second kappa shape index (κ2) is 10.7. The van der Waals surface area contributed by atoms with E-state index in [4.69, 9.17) is 4.74 Å². The minimum atomic E-state index is -1.14. The molecule has 3 saturated heterocycles. The number of aliphatic hydroxyl groups excluding tert-OH is 1. The Bertz CT molecular complexity index is 1090. The molecule has 0 aromatic heterocycles. The third-order valence-corrected chi connectivity index (χ3v) is 8.67. The summed E-state index contributed by atoms with van der Waals surface area (Å²) in [5, 5.41) is 10.3. The van der Waals surface area contributed by atoms with Crippen LogP contribution in [0.2, 0.25) is 0 Å². The quantitative estimate of drug-likeness (QED) is 0.450. The zero-order chi connectivity index (χ0) is 27.8. The van der Waals surface area contributed by atoms with Crippen LogP contribution in [-0.4, -0.2) is 81.7 Å². The smallest absolute Gasteiger partial charge is 0.248 e. The monoisotopic (exact) mass is 523 g/mol. The predicted octanol–water partition coefficient (Wildman–Crippen LogP) is 3.16. The summed E-state index contributed by atoms with van der Waals surface area (Å²) in [4.78, 5) is 47.8. The highest BCUT2D eigenvalue weighted by Crippen LogP contribution is 2.64. The van der Waals surface area contributed by atoms with Gasteiger partial charge in [-0.05, 0) is 52.2 Å². The number of anilines is 1. The normalized spacial score (nSPS) is 30.3. The van der Waals surface area contributed by atoms with Crippen LogP contribution in [0.15, 0.2) is 55.6 Å². The van der Waals surface area contributed by atoms with Crippen LogP contribution < -0.4 is 4.90 Å². The minimum absolute atomic E-state index is 0.130. The highest BCUT2D eigenvalue weighted by Gasteiger charge is 2.78. The van der Waals surface area contributed by atoms with Crippen molar-refractivity contribution in [3.63, 3.8) is 0 Å². The lowest BCUT2D eigenvalue weighted by Crippen LogP contribution is -2.59. The molecule has 206 valence electrons. The summed E-state index contributed by atoms with van der Waals surface area (Å²) in [6, 6.07) is 7.72. The van der Waals surface area contributed by atoms with E-state index in [0.29, 0.717) is 31.5 Å². The van der Waals surface area contributed by atoms with Crippen molar-refractivity contribution in [3.8, 4) is 0 Å². The number of aliphatic hydroxyl groups is 1. The van der Waals surface area contributed by atoms with Crippen LogP contribution in [0.3, 0.4) is 0 Å². The molecule has 3 heterocycles. The number of nitrogens with zero attached hydrogens (tertiary/aromatic N) is 3. The Balaban J connectivity index is 1.83. The molecule has 4 rings (SSSR count). The molecule has 1 aromatic carbocycles. The first-order chi connectivity index (χ1) is 18.1. The number of hydrogen-bond donors (Lipinski definition) is 1.